The molecule has 0 bridgehead atoms. The molecule has 2 N–H and O–H groups in total. The van der Waals surface area contributed by atoms with Gasteiger partial charge in [-0.3, -0.25) is 0 Å². The van der Waals surface area contributed by atoms with E-state index in [4.69, 9.17) is 22.1 Å². The van der Waals surface area contributed by atoms with Gasteiger partial charge in [-0.05, 0) is 17.5 Å². The minimum atomic E-state index is 0.530. The van der Waals surface area contributed by atoms with Crippen molar-refractivity contribution in [2.24, 2.45) is 0 Å². The molecule has 0 radical (unpaired) electrons. The molecule has 0 atom stereocenters. The van der Waals surface area contributed by atoms with Crippen molar-refractivity contribution in [1.29, 1.82) is 0 Å². The highest BCUT2D eigenvalue weighted by Gasteiger charge is 2.09. The van der Waals surface area contributed by atoms with Crippen LogP contribution in [0.4, 0.5) is 5.69 Å². The molecule has 0 saturated carbocycles. The number of hydrogen-bond acceptors (Lipinski definition) is 3. The molecule has 0 fully saturated rings. The van der Waals surface area contributed by atoms with Crippen molar-refractivity contribution in [3.8, 4) is 5.75 Å². The van der Waals surface area contributed by atoms with E-state index in [1.807, 2.05) is 12.1 Å². The lowest BCUT2D eigenvalue weighted by atomic mass is 10.2. The van der Waals surface area contributed by atoms with Crippen molar-refractivity contribution in [2.75, 3.05) is 12.8 Å². The Kier molecular flexibility index (Phi) is 2.52. The number of benzene rings is 1. The highest BCUT2D eigenvalue weighted by atomic mass is 35.5. The fraction of sp³-hybridized carbons (Fsp3) is 0.200. The fourth-order valence-corrected chi connectivity index (χ4v) is 2.70. The van der Waals surface area contributed by atoms with Crippen LogP contribution in [0.2, 0.25) is 0 Å². The Hall–Kier alpha value is -0.930. The van der Waals surface area contributed by atoms with Gasteiger partial charge in [0.1, 0.15) is 0 Å². The third-order valence-electron chi connectivity index (χ3n) is 2.06. The van der Waals surface area contributed by atoms with Crippen molar-refractivity contribution < 1.29 is 4.74 Å². The van der Waals surface area contributed by atoms with Gasteiger partial charge < -0.3 is 10.5 Å². The predicted molar refractivity (Wildman–Crippen MR) is 62.3 cm³/mol. The number of methoxy groups -OCH3 is 1. The van der Waals surface area contributed by atoms with Gasteiger partial charge in [-0.2, -0.15) is 0 Å². The Morgan fingerprint density at radius 3 is 2.93 bits per heavy atom. The van der Waals surface area contributed by atoms with Gasteiger partial charge in [0.25, 0.3) is 0 Å². The lowest BCUT2D eigenvalue weighted by Crippen LogP contribution is -1.91. The first kappa shape index (κ1) is 9.62. The Bertz CT molecular complexity index is 466. The molecule has 0 aliphatic carbocycles. The quantitative estimate of drug-likeness (QED) is 0.632. The van der Waals surface area contributed by atoms with E-state index in [-0.39, 0.29) is 0 Å². The maximum Gasteiger partial charge on any atom is 0.159 e. The number of halogens is 1. The van der Waals surface area contributed by atoms with E-state index in [1.165, 1.54) is 0 Å². The lowest BCUT2D eigenvalue weighted by Gasteiger charge is -2.04. The number of thiophene rings is 1. The Labute approximate surface area is 91.2 Å². The van der Waals surface area contributed by atoms with E-state index in [9.17, 15) is 0 Å². The van der Waals surface area contributed by atoms with E-state index in [1.54, 1.807) is 18.4 Å². The van der Waals surface area contributed by atoms with Crippen LogP contribution in [0.3, 0.4) is 0 Å². The molecular weight excluding hydrogens is 218 g/mol. The van der Waals surface area contributed by atoms with E-state index in [0.29, 0.717) is 11.6 Å². The van der Waals surface area contributed by atoms with E-state index < -0.39 is 0 Å². The summed E-state index contributed by atoms with van der Waals surface area (Å²) in [6.45, 7) is 0. The standard InChI is InChI=1S/C10H10ClNOS/c1-13-9-8(12)3-2-6-4-7(5-11)14-10(6)9/h2-4H,5,12H2,1H3. The summed E-state index contributed by atoms with van der Waals surface area (Å²) in [5, 5.41) is 1.14. The second-order valence-corrected chi connectivity index (χ2v) is 4.36. The number of rotatable bonds is 2. The average molecular weight is 228 g/mol. The zero-order chi connectivity index (χ0) is 10.1. The van der Waals surface area contributed by atoms with Gasteiger partial charge in [0.05, 0.1) is 23.4 Å². The second-order valence-electron chi connectivity index (χ2n) is 2.95. The Morgan fingerprint density at radius 2 is 2.29 bits per heavy atom. The minimum Gasteiger partial charge on any atom is -0.493 e. The molecule has 2 rings (SSSR count). The van der Waals surface area contributed by atoms with Crippen LogP contribution >= 0.6 is 22.9 Å². The molecule has 1 heterocycles. The third-order valence-corrected chi connectivity index (χ3v) is 3.65. The molecule has 1 aromatic heterocycles. The predicted octanol–water partition coefficient (Wildman–Crippen LogP) is 3.23. The first-order chi connectivity index (χ1) is 6.76. The third kappa shape index (κ3) is 1.42. The number of anilines is 1. The molecule has 0 saturated heterocycles. The van der Waals surface area contributed by atoms with Crippen LogP contribution in [-0.4, -0.2) is 7.11 Å². The van der Waals surface area contributed by atoms with Crippen molar-refractivity contribution in [3.05, 3.63) is 23.1 Å². The van der Waals surface area contributed by atoms with Gasteiger partial charge in [0.15, 0.2) is 5.75 Å². The minimum absolute atomic E-state index is 0.530. The molecule has 0 spiro atoms. The van der Waals surface area contributed by atoms with Crippen LogP contribution in [0.1, 0.15) is 4.88 Å². The number of fused-ring (bicyclic) bond motifs is 1. The topological polar surface area (TPSA) is 35.2 Å². The van der Waals surface area contributed by atoms with Gasteiger partial charge in [-0.25, -0.2) is 0 Å². The molecule has 2 aromatic rings. The SMILES string of the molecule is COc1c(N)ccc2cc(CCl)sc12. The number of alkyl halides is 1. The molecule has 0 amide bonds. The lowest BCUT2D eigenvalue weighted by molar-refractivity contribution is 0.422. The summed E-state index contributed by atoms with van der Waals surface area (Å²) in [4.78, 5) is 1.13. The van der Waals surface area contributed by atoms with Crippen molar-refractivity contribution in [3.63, 3.8) is 0 Å². The van der Waals surface area contributed by atoms with Crippen LogP contribution < -0.4 is 10.5 Å². The molecule has 14 heavy (non-hydrogen) atoms. The van der Waals surface area contributed by atoms with E-state index in [2.05, 4.69) is 6.07 Å². The maximum absolute atomic E-state index is 5.80. The Balaban J connectivity index is 2.73. The summed E-state index contributed by atoms with van der Waals surface area (Å²) in [6.07, 6.45) is 0. The summed E-state index contributed by atoms with van der Waals surface area (Å²) in [5.74, 6) is 1.28. The molecule has 4 heteroatoms. The summed E-state index contributed by atoms with van der Waals surface area (Å²) >= 11 is 7.40. The first-order valence-electron chi connectivity index (χ1n) is 4.17. The summed E-state index contributed by atoms with van der Waals surface area (Å²) in [6, 6.07) is 5.90. The zero-order valence-electron chi connectivity index (χ0n) is 7.71. The van der Waals surface area contributed by atoms with Crippen LogP contribution in [-0.2, 0) is 5.88 Å². The van der Waals surface area contributed by atoms with Gasteiger partial charge in [-0.15, -0.1) is 22.9 Å². The highest BCUT2D eigenvalue weighted by molar-refractivity contribution is 7.19. The molecule has 2 nitrogen and oxygen atoms in total. The molecule has 74 valence electrons. The molecular formula is C10H10ClNOS. The van der Waals surface area contributed by atoms with Crippen LogP contribution in [0, 0.1) is 0 Å². The van der Waals surface area contributed by atoms with Gasteiger partial charge in [0, 0.05) is 4.88 Å². The number of nitrogens with two attached hydrogens (primary N) is 1. The van der Waals surface area contributed by atoms with E-state index in [0.717, 1.165) is 20.7 Å². The van der Waals surface area contributed by atoms with Gasteiger partial charge in [-0.1, -0.05) is 6.07 Å². The average Bonchev–Trinajstić information content (AvgIpc) is 2.60. The molecule has 0 unspecified atom stereocenters. The summed E-state index contributed by atoms with van der Waals surface area (Å²) in [5.41, 5.74) is 6.47. The highest BCUT2D eigenvalue weighted by Crippen LogP contribution is 2.37. The number of hydrogen-bond donors (Lipinski definition) is 1. The monoisotopic (exact) mass is 227 g/mol. The van der Waals surface area contributed by atoms with Crippen molar-refractivity contribution in [1.82, 2.24) is 0 Å². The smallest absolute Gasteiger partial charge is 0.159 e. The first-order valence-corrected chi connectivity index (χ1v) is 5.52. The number of nitrogen functional groups attached to an aromatic ring is 1. The largest absolute Gasteiger partial charge is 0.493 e. The van der Waals surface area contributed by atoms with Gasteiger partial charge >= 0.3 is 0 Å². The van der Waals surface area contributed by atoms with E-state index >= 15 is 0 Å². The normalized spacial score (nSPS) is 10.7. The van der Waals surface area contributed by atoms with Crippen molar-refractivity contribution in [2.45, 2.75) is 5.88 Å². The second kappa shape index (κ2) is 3.67. The molecule has 0 aliphatic rings. The van der Waals surface area contributed by atoms with Crippen LogP contribution in [0.15, 0.2) is 18.2 Å². The summed E-state index contributed by atoms with van der Waals surface area (Å²) < 4.78 is 6.33. The van der Waals surface area contributed by atoms with Crippen molar-refractivity contribution >= 4 is 38.7 Å². The number of ether oxygens (including phenoxy) is 1. The zero-order valence-corrected chi connectivity index (χ0v) is 9.28. The molecule has 1 aromatic carbocycles. The fourth-order valence-electron chi connectivity index (χ4n) is 1.42. The molecule has 0 aliphatic heterocycles. The maximum atomic E-state index is 5.80. The van der Waals surface area contributed by atoms with Gasteiger partial charge in [0.2, 0.25) is 0 Å². The van der Waals surface area contributed by atoms with Crippen LogP contribution in [0.25, 0.3) is 10.1 Å². The Morgan fingerprint density at radius 1 is 1.50 bits per heavy atom. The van der Waals surface area contributed by atoms with Crippen LogP contribution in [0.5, 0.6) is 5.75 Å². The summed E-state index contributed by atoms with van der Waals surface area (Å²) in [7, 11) is 1.63.